The first-order valence-corrected chi connectivity index (χ1v) is 11.6. The molecular weight excluding hydrogens is 476 g/mol. The lowest BCUT2D eigenvalue weighted by molar-refractivity contribution is 0.112. The number of allylic oxidation sites excluding steroid dienone is 1. The lowest BCUT2D eigenvalue weighted by atomic mass is 10.1. The van der Waals surface area contributed by atoms with Crippen LogP contribution in [0.1, 0.15) is 28.5 Å². The Morgan fingerprint density at radius 3 is 2.47 bits per heavy atom. The number of rotatable bonds is 5. The molecule has 0 aliphatic carbocycles. The predicted octanol–water partition coefficient (Wildman–Crippen LogP) is 4.79. The second-order valence-corrected chi connectivity index (χ2v) is 7.96. The summed E-state index contributed by atoms with van der Waals surface area (Å²) >= 11 is 6.24. The Hall–Kier alpha value is -4.01. The number of pyridine rings is 1. The standard InChI is InChI=1S/C18H16ClNO.C8H10N4O.CH5N/c1-3-14-11-13-7-5-9-16(19)17(13)18(21)20(14)15-8-4-6-12(2)10-15;1-3-4-10-8-6(5-13)7(9)11-12(8)2;1-2/h4-11H,3H2,1-2H3;3-5H,1H2,2H3,(H2,9,11);2H2,1H3/b;10-4-;. The maximum Gasteiger partial charge on any atom is 0.264 e. The van der Waals surface area contributed by atoms with Gasteiger partial charge in [0.25, 0.3) is 5.56 Å². The Balaban J connectivity index is 0.000000262. The number of aldehydes is 1. The molecule has 0 fully saturated rings. The molecule has 188 valence electrons. The summed E-state index contributed by atoms with van der Waals surface area (Å²) in [5, 5.41) is 5.83. The lowest BCUT2D eigenvalue weighted by Crippen LogP contribution is -2.22. The molecule has 36 heavy (non-hydrogen) atoms. The normalized spacial score (nSPS) is 10.4. The summed E-state index contributed by atoms with van der Waals surface area (Å²) in [6.07, 6.45) is 4.41. The number of carbonyl (C=O) groups excluding carboxylic acids is 1. The summed E-state index contributed by atoms with van der Waals surface area (Å²) in [6.45, 7) is 7.54. The van der Waals surface area contributed by atoms with Gasteiger partial charge in [0.15, 0.2) is 17.9 Å². The number of nitrogens with zero attached hydrogens (tertiary/aromatic N) is 4. The molecule has 0 aliphatic rings. The zero-order valence-electron chi connectivity index (χ0n) is 20.9. The van der Waals surface area contributed by atoms with Gasteiger partial charge >= 0.3 is 0 Å². The minimum atomic E-state index is -0.0550. The number of nitrogen functional groups attached to an aromatic ring is 1. The first kappa shape index (κ1) is 28.2. The molecule has 8 nitrogen and oxygen atoms in total. The molecule has 4 aromatic rings. The fourth-order valence-corrected chi connectivity index (χ4v) is 3.89. The molecule has 0 amide bonds. The van der Waals surface area contributed by atoms with Gasteiger partial charge in [-0.25, -0.2) is 9.67 Å². The van der Waals surface area contributed by atoms with Crippen LogP contribution in [0.25, 0.3) is 16.5 Å². The molecule has 4 N–H and O–H groups in total. The molecule has 2 aromatic carbocycles. The van der Waals surface area contributed by atoms with E-state index in [2.05, 4.69) is 29.3 Å². The highest BCUT2D eigenvalue weighted by atomic mass is 35.5. The molecule has 0 unspecified atom stereocenters. The Morgan fingerprint density at radius 2 is 1.86 bits per heavy atom. The minimum Gasteiger partial charge on any atom is -0.382 e. The molecule has 0 atom stereocenters. The van der Waals surface area contributed by atoms with Crippen LogP contribution in [0.5, 0.6) is 0 Å². The number of fused-ring (bicyclic) bond motifs is 1. The van der Waals surface area contributed by atoms with Crippen molar-refractivity contribution in [1.29, 1.82) is 0 Å². The first-order chi connectivity index (χ1) is 17.3. The number of carbonyl (C=O) groups is 1. The number of anilines is 1. The molecule has 0 saturated heterocycles. The van der Waals surface area contributed by atoms with Gasteiger partial charge in [-0.2, -0.15) is 5.10 Å². The second-order valence-electron chi connectivity index (χ2n) is 7.55. The van der Waals surface area contributed by atoms with Crippen LogP contribution < -0.4 is 17.0 Å². The molecule has 2 heterocycles. The molecule has 0 radical (unpaired) electrons. The first-order valence-electron chi connectivity index (χ1n) is 11.2. The number of aliphatic imine (C=N–C) groups is 1. The number of aromatic nitrogens is 3. The number of hydrogen-bond acceptors (Lipinski definition) is 6. The van der Waals surface area contributed by atoms with E-state index in [0.717, 1.165) is 28.8 Å². The number of nitrogens with two attached hydrogens (primary N) is 2. The van der Waals surface area contributed by atoms with Crippen LogP contribution in [0.15, 0.2) is 71.0 Å². The van der Waals surface area contributed by atoms with E-state index in [0.29, 0.717) is 28.1 Å². The molecule has 0 bridgehead atoms. The van der Waals surface area contributed by atoms with E-state index in [4.69, 9.17) is 17.3 Å². The molecule has 4 rings (SSSR count). The maximum atomic E-state index is 12.9. The van der Waals surface area contributed by atoms with Crippen LogP contribution in [0, 0.1) is 6.92 Å². The minimum absolute atomic E-state index is 0.0550. The molecule has 0 saturated carbocycles. The fourth-order valence-electron chi connectivity index (χ4n) is 3.62. The highest BCUT2D eigenvalue weighted by molar-refractivity contribution is 6.35. The van der Waals surface area contributed by atoms with Crippen molar-refractivity contribution < 1.29 is 4.79 Å². The molecule has 9 heteroatoms. The van der Waals surface area contributed by atoms with Gasteiger partial charge in [-0.15, -0.1) is 0 Å². The van der Waals surface area contributed by atoms with Gasteiger partial charge in [0.2, 0.25) is 0 Å². The zero-order chi connectivity index (χ0) is 26.8. The van der Waals surface area contributed by atoms with Crippen molar-refractivity contribution in [3.05, 3.63) is 93.4 Å². The third-order valence-corrected chi connectivity index (χ3v) is 5.51. The van der Waals surface area contributed by atoms with Gasteiger partial charge < -0.3 is 11.5 Å². The number of aryl methyl sites for hydroxylation is 3. The summed E-state index contributed by atoms with van der Waals surface area (Å²) < 4.78 is 3.21. The Morgan fingerprint density at radius 1 is 1.17 bits per heavy atom. The molecule has 0 aliphatic heterocycles. The van der Waals surface area contributed by atoms with Gasteiger partial charge in [-0.3, -0.25) is 14.2 Å². The largest absolute Gasteiger partial charge is 0.382 e. The van der Waals surface area contributed by atoms with Gasteiger partial charge in [-0.05, 0) is 55.6 Å². The number of halogens is 1. The third kappa shape index (κ3) is 6.16. The SMILES string of the molecule is C=C/C=N\c1c(C=O)c(N)nn1C.CCc1cc2cccc(Cl)c2c(=O)n1-c1cccc(C)c1.CN. The average molecular weight is 507 g/mol. The van der Waals surface area contributed by atoms with Gasteiger partial charge in [0.05, 0.1) is 10.4 Å². The summed E-state index contributed by atoms with van der Waals surface area (Å²) in [5.74, 6) is 0.626. The van der Waals surface area contributed by atoms with Crippen LogP contribution >= 0.6 is 11.6 Å². The summed E-state index contributed by atoms with van der Waals surface area (Å²) in [4.78, 5) is 27.5. The maximum absolute atomic E-state index is 12.9. The van der Waals surface area contributed by atoms with E-state index in [1.165, 1.54) is 24.0 Å². The third-order valence-electron chi connectivity index (χ3n) is 5.20. The number of benzene rings is 2. The van der Waals surface area contributed by atoms with Crippen LogP contribution in [0.4, 0.5) is 11.6 Å². The van der Waals surface area contributed by atoms with Crippen molar-refractivity contribution >= 4 is 46.5 Å². The van der Waals surface area contributed by atoms with Crippen molar-refractivity contribution in [2.45, 2.75) is 20.3 Å². The lowest BCUT2D eigenvalue weighted by Gasteiger charge is -2.14. The van der Waals surface area contributed by atoms with Crippen molar-refractivity contribution in [2.75, 3.05) is 12.8 Å². The van der Waals surface area contributed by atoms with Crippen molar-refractivity contribution in [3.8, 4) is 5.69 Å². The van der Waals surface area contributed by atoms with E-state index in [-0.39, 0.29) is 11.4 Å². The molecule has 0 spiro atoms. The molecular formula is C27H31ClN6O2. The van der Waals surface area contributed by atoms with Crippen molar-refractivity contribution in [1.82, 2.24) is 14.3 Å². The highest BCUT2D eigenvalue weighted by Crippen LogP contribution is 2.23. The van der Waals surface area contributed by atoms with E-state index in [1.54, 1.807) is 17.7 Å². The van der Waals surface area contributed by atoms with Crippen LogP contribution in [0.2, 0.25) is 5.02 Å². The van der Waals surface area contributed by atoms with E-state index in [9.17, 15) is 9.59 Å². The Bertz CT molecular complexity index is 1450. The van der Waals surface area contributed by atoms with Crippen LogP contribution in [0.3, 0.4) is 0 Å². The van der Waals surface area contributed by atoms with Gasteiger partial charge in [0, 0.05) is 24.6 Å². The molecule has 2 aromatic heterocycles. The summed E-state index contributed by atoms with van der Waals surface area (Å²) in [5.41, 5.74) is 13.2. The highest BCUT2D eigenvalue weighted by Gasteiger charge is 2.13. The average Bonchev–Trinajstić information content (AvgIpc) is 3.15. The van der Waals surface area contributed by atoms with Crippen molar-refractivity contribution in [3.63, 3.8) is 0 Å². The van der Waals surface area contributed by atoms with E-state index < -0.39 is 0 Å². The predicted molar refractivity (Wildman–Crippen MR) is 150 cm³/mol. The zero-order valence-corrected chi connectivity index (χ0v) is 21.7. The quantitative estimate of drug-likeness (QED) is 0.297. The van der Waals surface area contributed by atoms with Gasteiger partial charge in [0.1, 0.15) is 5.56 Å². The second kappa shape index (κ2) is 13.2. The van der Waals surface area contributed by atoms with E-state index >= 15 is 0 Å². The monoisotopic (exact) mass is 506 g/mol. The van der Waals surface area contributed by atoms with Crippen LogP contribution in [-0.2, 0) is 13.5 Å². The Labute approximate surface area is 215 Å². The topological polar surface area (TPSA) is 121 Å². The van der Waals surface area contributed by atoms with Gasteiger partial charge in [-0.1, -0.05) is 55.4 Å². The fraction of sp³-hybridized carbons (Fsp3) is 0.185. The summed E-state index contributed by atoms with van der Waals surface area (Å²) in [7, 11) is 3.17. The van der Waals surface area contributed by atoms with E-state index in [1.807, 2.05) is 49.4 Å². The smallest absolute Gasteiger partial charge is 0.264 e. The van der Waals surface area contributed by atoms with Crippen molar-refractivity contribution in [2.24, 2.45) is 17.8 Å². The van der Waals surface area contributed by atoms with Crippen LogP contribution in [-0.4, -0.2) is 33.9 Å². The number of hydrogen-bond donors (Lipinski definition) is 2. The summed E-state index contributed by atoms with van der Waals surface area (Å²) in [6, 6.07) is 15.6. The Kier molecular flexibility index (Phi) is 10.3.